The van der Waals surface area contributed by atoms with Gasteiger partial charge in [0.15, 0.2) is 0 Å². The Hall–Kier alpha value is -3.01. The van der Waals surface area contributed by atoms with Crippen LogP contribution in [0.15, 0.2) is 42.5 Å². The Morgan fingerprint density at radius 3 is 2.15 bits per heavy atom. The van der Waals surface area contributed by atoms with Gasteiger partial charge in [-0.3, -0.25) is 4.79 Å². The summed E-state index contributed by atoms with van der Waals surface area (Å²) in [5.41, 5.74) is 4.03. The first-order chi connectivity index (χ1) is 21.9. The minimum atomic E-state index is -0.387. The van der Waals surface area contributed by atoms with Gasteiger partial charge in [-0.15, -0.1) is 0 Å². The van der Waals surface area contributed by atoms with Gasteiger partial charge in [-0.05, 0) is 117 Å². The van der Waals surface area contributed by atoms with E-state index in [0.717, 1.165) is 76.0 Å². The molecule has 0 aliphatic carbocycles. The van der Waals surface area contributed by atoms with Crippen LogP contribution in [0.4, 0.5) is 0 Å². The summed E-state index contributed by atoms with van der Waals surface area (Å²) in [5.74, 6) is 4.28. The fourth-order valence-electron chi connectivity index (χ4n) is 7.11. The van der Waals surface area contributed by atoms with E-state index in [2.05, 4.69) is 54.5 Å². The molecule has 4 nitrogen and oxygen atoms in total. The van der Waals surface area contributed by atoms with Crippen molar-refractivity contribution >= 4 is 16.7 Å². The summed E-state index contributed by atoms with van der Waals surface area (Å²) in [6.07, 6.45) is 13.7. The van der Waals surface area contributed by atoms with Gasteiger partial charge < -0.3 is 14.2 Å². The van der Waals surface area contributed by atoms with Gasteiger partial charge in [0.05, 0.1) is 13.0 Å². The molecule has 0 spiro atoms. The Morgan fingerprint density at radius 1 is 0.848 bits per heavy atom. The molecule has 1 heterocycles. The molecule has 0 N–H and O–H groups in total. The number of carbonyl (C=O) groups is 1. The van der Waals surface area contributed by atoms with Gasteiger partial charge in [0.2, 0.25) is 0 Å². The number of benzene rings is 3. The quantitative estimate of drug-likeness (QED) is 0.117. The molecule has 4 rings (SSSR count). The van der Waals surface area contributed by atoms with Crippen LogP contribution in [0.3, 0.4) is 0 Å². The third-order valence-corrected chi connectivity index (χ3v) is 10.5. The smallest absolute Gasteiger partial charge is 0.318 e. The molecule has 3 aromatic rings. The van der Waals surface area contributed by atoms with E-state index < -0.39 is 0 Å². The Bertz CT molecular complexity index is 1460. The number of fused-ring (bicyclic) bond motifs is 2. The van der Waals surface area contributed by atoms with E-state index in [-0.39, 0.29) is 17.5 Å². The highest BCUT2D eigenvalue weighted by Crippen LogP contribution is 2.43. The minimum Gasteiger partial charge on any atom is -0.497 e. The Kier molecular flexibility index (Phi) is 12.6. The van der Waals surface area contributed by atoms with Crippen molar-refractivity contribution in [2.45, 2.75) is 138 Å². The summed E-state index contributed by atoms with van der Waals surface area (Å²) in [5, 5.41) is 2.16. The van der Waals surface area contributed by atoms with Gasteiger partial charge in [0.25, 0.3) is 0 Å². The van der Waals surface area contributed by atoms with Crippen LogP contribution < -0.4 is 14.2 Å². The molecule has 1 aliphatic heterocycles. The van der Waals surface area contributed by atoms with Crippen LogP contribution in [0.2, 0.25) is 0 Å². The first-order valence-electron chi connectivity index (χ1n) is 18.0. The summed E-state index contributed by atoms with van der Waals surface area (Å²) in [4.78, 5) is 13.3. The Morgan fingerprint density at radius 2 is 1.48 bits per heavy atom. The zero-order valence-corrected chi connectivity index (χ0v) is 30.3. The van der Waals surface area contributed by atoms with Crippen molar-refractivity contribution in [1.29, 1.82) is 0 Å². The fourth-order valence-corrected chi connectivity index (χ4v) is 7.11. The number of ether oxygens (including phenoxy) is 3. The monoisotopic (exact) mass is 628 g/mol. The highest BCUT2D eigenvalue weighted by Gasteiger charge is 2.34. The van der Waals surface area contributed by atoms with E-state index in [9.17, 15) is 4.79 Å². The third-order valence-electron chi connectivity index (χ3n) is 10.5. The van der Waals surface area contributed by atoms with E-state index >= 15 is 0 Å². The molecular weight excluding hydrogens is 568 g/mol. The predicted molar refractivity (Wildman–Crippen MR) is 193 cm³/mol. The van der Waals surface area contributed by atoms with Crippen LogP contribution in [0.25, 0.3) is 10.8 Å². The summed E-state index contributed by atoms with van der Waals surface area (Å²) in [6, 6.07) is 14.1. The van der Waals surface area contributed by atoms with E-state index in [0.29, 0.717) is 5.75 Å². The molecule has 0 amide bonds. The molecule has 4 atom stereocenters. The lowest BCUT2D eigenvalue weighted by molar-refractivity contribution is -0.135. The normalized spacial score (nSPS) is 18.1. The second-order valence-corrected chi connectivity index (χ2v) is 15.1. The molecule has 1 aliphatic rings. The lowest BCUT2D eigenvalue weighted by atomic mass is 9.84. The van der Waals surface area contributed by atoms with Crippen molar-refractivity contribution in [3.63, 3.8) is 0 Å². The number of rotatable bonds is 16. The van der Waals surface area contributed by atoms with Crippen LogP contribution in [0, 0.1) is 31.6 Å². The molecular formula is C42H60O4. The molecule has 0 aromatic heterocycles. The van der Waals surface area contributed by atoms with Crippen LogP contribution in [-0.4, -0.2) is 18.7 Å². The lowest BCUT2D eigenvalue weighted by Crippen LogP contribution is -2.37. The van der Waals surface area contributed by atoms with Crippen LogP contribution in [0.5, 0.6) is 17.2 Å². The van der Waals surface area contributed by atoms with Gasteiger partial charge in [-0.1, -0.05) is 96.9 Å². The number of hydrogen-bond acceptors (Lipinski definition) is 4. The molecule has 0 radical (unpaired) electrons. The lowest BCUT2D eigenvalue weighted by Gasteiger charge is -2.38. The predicted octanol–water partition coefficient (Wildman–Crippen LogP) is 11.7. The van der Waals surface area contributed by atoms with Crippen molar-refractivity contribution in [2.24, 2.45) is 17.8 Å². The van der Waals surface area contributed by atoms with Gasteiger partial charge in [-0.25, -0.2) is 0 Å². The van der Waals surface area contributed by atoms with Gasteiger partial charge in [0, 0.05) is 5.56 Å². The van der Waals surface area contributed by atoms with Crippen molar-refractivity contribution < 1.29 is 19.0 Å². The van der Waals surface area contributed by atoms with Gasteiger partial charge in [-0.2, -0.15) is 0 Å². The third kappa shape index (κ3) is 9.52. The second kappa shape index (κ2) is 16.2. The zero-order chi connectivity index (χ0) is 33.4. The van der Waals surface area contributed by atoms with E-state index in [1.165, 1.54) is 56.9 Å². The number of esters is 1. The highest BCUT2D eigenvalue weighted by atomic mass is 16.5. The standard InChI is InChI=1S/C42H60O4/c1-28(2)13-10-14-29(3)15-11-16-30(4)17-12-23-42(8)24-22-38-33(7)39(25-31(5)40(38)46-42)45-41(43)32(6)34-18-19-36-27-37(44-9)21-20-35(36)26-34/h18-21,25-30,32H,10-17,22-24H2,1-9H3/t29?,30?,32-,42?/m0/s1. The summed E-state index contributed by atoms with van der Waals surface area (Å²) in [6.45, 7) is 17.9. The maximum Gasteiger partial charge on any atom is 0.318 e. The molecule has 0 fully saturated rings. The summed E-state index contributed by atoms with van der Waals surface area (Å²) in [7, 11) is 1.67. The number of methoxy groups -OCH3 is 1. The fraction of sp³-hybridized carbons (Fsp3) is 0.595. The molecule has 3 unspecified atom stereocenters. The molecule has 3 aromatic carbocycles. The zero-order valence-electron chi connectivity index (χ0n) is 30.3. The molecule has 0 saturated heterocycles. The largest absolute Gasteiger partial charge is 0.497 e. The average molecular weight is 629 g/mol. The summed E-state index contributed by atoms with van der Waals surface area (Å²) >= 11 is 0. The molecule has 252 valence electrons. The topological polar surface area (TPSA) is 44.8 Å². The number of aryl methyl sites for hydroxylation is 1. The Labute approximate surface area is 279 Å². The van der Waals surface area contributed by atoms with Crippen molar-refractivity contribution in [3.8, 4) is 17.2 Å². The van der Waals surface area contributed by atoms with E-state index in [1.54, 1.807) is 7.11 Å². The number of hydrogen-bond donors (Lipinski definition) is 0. The molecule has 4 heteroatoms. The Balaban J connectivity index is 1.29. The molecule has 0 saturated carbocycles. The average Bonchev–Trinajstić information content (AvgIpc) is 3.02. The van der Waals surface area contributed by atoms with Crippen molar-refractivity contribution in [3.05, 3.63) is 64.7 Å². The summed E-state index contributed by atoms with van der Waals surface area (Å²) < 4.78 is 18.2. The molecule has 0 bridgehead atoms. The van der Waals surface area contributed by atoms with Crippen LogP contribution in [-0.2, 0) is 11.2 Å². The molecule has 46 heavy (non-hydrogen) atoms. The van der Waals surface area contributed by atoms with E-state index in [4.69, 9.17) is 14.2 Å². The van der Waals surface area contributed by atoms with Crippen LogP contribution >= 0.6 is 0 Å². The number of carbonyl (C=O) groups excluding carboxylic acids is 1. The maximum atomic E-state index is 13.3. The minimum absolute atomic E-state index is 0.151. The highest BCUT2D eigenvalue weighted by molar-refractivity contribution is 5.87. The SMILES string of the molecule is COc1ccc2cc([C@H](C)C(=O)Oc3cc(C)c4c(c3C)CCC(C)(CCCC(C)CCCC(C)CCCC(C)C)O4)ccc2c1. The first-order valence-corrected chi connectivity index (χ1v) is 18.0. The van der Waals surface area contributed by atoms with E-state index in [1.807, 2.05) is 43.3 Å². The van der Waals surface area contributed by atoms with Gasteiger partial charge >= 0.3 is 5.97 Å². The first kappa shape index (κ1) is 35.8. The van der Waals surface area contributed by atoms with Crippen LogP contribution in [0.1, 0.15) is 134 Å². The van der Waals surface area contributed by atoms with Gasteiger partial charge in [0.1, 0.15) is 22.8 Å². The van der Waals surface area contributed by atoms with Crippen molar-refractivity contribution in [2.75, 3.05) is 7.11 Å². The second-order valence-electron chi connectivity index (χ2n) is 15.1. The van der Waals surface area contributed by atoms with Crippen molar-refractivity contribution in [1.82, 2.24) is 0 Å². The maximum absolute atomic E-state index is 13.3.